The minimum absolute atomic E-state index is 0.00716. The molecule has 0 bridgehead atoms. The fourth-order valence-corrected chi connectivity index (χ4v) is 4.97. The first-order chi connectivity index (χ1) is 17.5. The summed E-state index contributed by atoms with van der Waals surface area (Å²) in [6, 6.07) is 6.94. The number of carboxylic acids is 1. The largest absolute Gasteiger partial charge is 0.480 e. The van der Waals surface area contributed by atoms with Crippen LogP contribution in [0, 0.1) is 0 Å². The van der Waals surface area contributed by atoms with Crippen LogP contribution in [-0.4, -0.2) is 55.4 Å². The lowest BCUT2D eigenvalue weighted by atomic mass is 9.96. The summed E-state index contributed by atoms with van der Waals surface area (Å²) in [4.78, 5) is 39.6. The molecule has 0 unspecified atom stereocenters. The molecule has 12 heteroatoms. The van der Waals surface area contributed by atoms with Gasteiger partial charge in [-0.05, 0) is 53.8 Å². The highest BCUT2D eigenvalue weighted by Gasteiger charge is 2.30. The molecule has 0 saturated heterocycles. The minimum Gasteiger partial charge on any atom is -0.480 e. The van der Waals surface area contributed by atoms with Gasteiger partial charge in [-0.25, -0.2) is 9.48 Å². The molecule has 2 amide bonds. The first-order valence-corrected chi connectivity index (χ1v) is 12.7. The number of benzene rings is 2. The third-order valence-corrected chi connectivity index (χ3v) is 7.10. The van der Waals surface area contributed by atoms with Crippen molar-refractivity contribution in [3.05, 3.63) is 79.5 Å². The molecular weight excluding hydrogens is 541 g/mol. The number of aromatic nitrogens is 3. The summed E-state index contributed by atoms with van der Waals surface area (Å²) in [7, 11) is 0. The van der Waals surface area contributed by atoms with E-state index in [2.05, 4.69) is 15.6 Å². The Hall–Kier alpha value is -3.14. The van der Waals surface area contributed by atoms with Gasteiger partial charge in [0.15, 0.2) is 0 Å². The van der Waals surface area contributed by atoms with Crippen LogP contribution in [0.4, 0.5) is 0 Å². The lowest BCUT2D eigenvalue weighted by Crippen LogP contribution is -2.44. The smallest absolute Gasteiger partial charge is 0.328 e. The topological polar surface area (TPSA) is 117 Å². The number of amides is 2. The van der Waals surface area contributed by atoms with Gasteiger partial charge in [0.2, 0.25) is 0 Å². The van der Waals surface area contributed by atoms with Gasteiger partial charge in [0.1, 0.15) is 6.04 Å². The van der Waals surface area contributed by atoms with Crippen LogP contribution in [0.1, 0.15) is 57.3 Å². The number of hydrogen-bond acceptors (Lipinski definition) is 5. The molecule has 0 spiro atoms. The van der Waals surface area contributed by atoms with Crippen molar-refractivity contribution in [1.82, 2.24) is 25.2 Å². The SMILES string of the molecule is CC(C)c1cn(C[C@H](NC(=O)c2c(Cl)cc3c(c2Cl)CCN(C(=O)c2ccc(Cl)cc2)C3)C(=O)O)nn1. The van der Waals surface area contributed by atoms with Gasteiger partial charge in [-0.15, -0.1) is 5.10 Å². The molecule has 2 heterocycles. The number of aliphatic carboxylic acids is 1. The summed E-state index contributed by atoms with van der Waals surface area (Å²) in [5.41, 5.74) is 2.63. The fourth-order valence-electron chi connectivity index (χ4n) is 4.08. The molecule has 4 rings (SSSR count). The molecule has 1 atom stereocenters. The molecule has 1 aliphatic rings. The highest BCUT2D eigenvalue weighted by atomic mass is 35.5. The van der Waals surface area contributed by atoms with Gasteiger partial charge < -0.3 is 15.3 Å². The maximum atomic E-state index is 13.1. The van der Waals surface area contributed by atoms with Crippen molar-refractivity contribution in [3.63, 3.8) is 0 Å². The highest BCUT2D eigenvalue weighted by molar-refractivity contribution is 6.40. The molecule has 2 N–H and O–H groups in total. The second-order valence-electron chi connectivity index (χ2n) is 9.05. The first-order valence-electron chi connectivity index (χ1n) is 11.5. The number of nitrogens with zero attached hydrogens (tertiary/aromatic N) is 4. The average molecular weight is 565 g/mol. The Labute approximate surface area is 228 Å². The Morgan fingerprint density at radius 1 is 1.14 bits per heavy atom. The normalized spacial score (nSPS) is 13.8. The molecule has 194 valence electrons. The lowest BCUT2D eigenvalue weighted by molar-refractivity contribution is -0.139. The molecule has 1 aromatic heterocycles. The van der Waals surface area contributed by atoms with Crippen LogP contribution >= 0.6 is 34.8 Å². The number of halogens is 3. The summed E-state index contributed by atoms with van der Waals surface area (Å²) in [6.07, 6.45) is 2.05. The maximum absolute atomic E-state index is 13.1. The van der Waals surface area contributed by atoms with Crippen LogP contribution in [0.3, 0.4) is 0 Å². The van der Waals surface area contributed by atoms with Crippen LogP contribution in [0.25, 0.3) is 0 Å². The van der Waals surface area contributed by atoms with Crippen LogP contribution in [0.5, 0.6) is 0 Å². The molecular formula is C25H24Cl3N5O4. The van der Waals surface area contributed by atoms with Gasteiger partial charge in [-0.1, -0.05) is 53.9 Å². The summed E-state index contributed by atoms with van der Waals surface area (Å²) in [5.74, 6) is -1.99. The van der Waals surface area contributed by atoms with Crippen molar-refractivity contribution in [2.75, 3.05) is 6.54 Å². The maximum Gasteiger partial charge on any atom is 0.328 e. The van der Waals surface area contributed by atoms with Crippen molar-refractivity contribution >= 4 is 52.6 Å². The summed E-state index contributed by atoms with van der Waals surface area (Å²) >= 11 is 19.0. The molecule has 9 nitrogen and oxygen atoms in total. The van der Waals surface area contributed by atoms with Crippen LogP contribution in [0.15, 0.2) is 36.5 Å². The van der Waals surface area contributed by atoms with E-state index < -0.39 is 17.9 Å². The predicted octanol–water partition coefficient (Wildman–Crippen LogP) is 4.44. The molecule has 3 aromatic rings. The van der Waals surface area contributed by atoms with Gasteiger partial charge in [-0.2, -0.15) is 0 Å². The van der Waals surface area contributed by atoms with Crippen molar-refractivity contribution in [3.8, 4) is 0 Å². The van der Waals surface area contributed by atoms with Gasteiger partial charge >= 0.3 is 5.97 Å². The molecule has 0 fully saturated rings. The first kappa shape index (κ1) is 26.9. The van der Waals surface area contributed by atoms with Crippen molar-refractivity contribution < 1.29 is 19.5 Å². The Balaban J connectivity index is 1.52. The highest BCUT2D eigenvalue weighted by Crippen LogP contribution is 2.35. The van der Waals surface area contributed by atoms with Gasteiger partial charge in [0.05, 0.1) is 27.8 Å². The number of carboxylic acid groups (broad SMARTS) is 1. The number of carbonyl (C=O) groups is 3. The van der Waals surface area contributed by atoms with Crippen LogP contribution < -0.4 is 5.32 Å². The quantitative estimate of drug-likeness (QED) is 0.438. The average Bonchev–Trinajstić information content (AvgIpc) is 3.32. The summed E-state index contributed by atoms with van der Waals surface area (Å²) in [6.45, 7) is 4.41. The van der Waals surface area contributed by atoms with Gasteiger partial charge in [-0.3, -0.25) is 9.59 Å². The van der Waals surface area contributed by atoms with Crippen molar-refractivity contribution in [2.45, 2.75) is 45.3 Å². The second-order valence-corrected chi connectivity index (χ2v) is 10.3. The number of carbonyl (C=O) groups excluding carboxylic acids is 2. The monoisotopic (exact) mass is 563 g/mol. The molecule has 37 heavy (non-hydrogen) atoms. The molecule has 0 aliphatic carbocycles. The number of nitrogens with one attached hydrogen (secondary N) is 1. The van der Waals surface area contributed by atoms with Gasteiger partial charge in [0.25, 0.3) is 11.8 Å². The zero-order chi connectivity index (χ0) is 26.9. The second kappa shape index (κ2) is 11.1. The fraction of sp³-hybridized carbons (Fsp3) is 0.320. The van der Waals surface area contributed by atoms with Crippen LogP contribution in [-0.2, 0) is 24.3 Å². The van der Waals surface area contributed by atoms with E-state index in [0.717, 1.165) is 5.56 Å². The van der Waals surface area contributed by atoms with E-state index in [1.807, 2.05) is 13.8 Å². The summed E-state index contributed by atoms with van der Waals surface area (Å²) in [5, 5.41) is 20.9. The van der Waals surface area contributed by atoms with E-state index in [0.29, 0.717) is 34.8 Å². The Kier molecular flexibility index (Phi) is 8.06. The molecule has 0 saturated carbocycles. The molecule has 0 radical (unpaired) electrons. The van der Waals surface area contributed by atoms with E-state index >= 15 is 0 Å². The molecule has 1 aliphatic heterocycles. The predicted molar refractivity (Wildman–Crippen MR) is 139 cm³/mol. The van der Waals surface area contributed by atoms with Crippen molar-refractivity contribution in [1.29, 1.82) is 0 Å². The zero-order valence-corrected chi connectivity index (χ0v) is 22.3. The third-order valence-electron chi connectivity index (χ3n) is 6.13. The Bertz CT molecular complexity index is 1360. The number of rotatable bonds is 7. The van der Waals surface area contributed by atoms with E-state index in [9.17, 15) is 19.5 Å². The Morgan fingerprint density at radius 2 is 1.84 bits per heavy atom. The van der Waals surface area contributed by atoms with Gasteiger partial charge in [0, 0.05) is 29.9 Å². The number of hydrogen-bond donors (Lipinski definition) is 2. The van der Waals surface area contributed by atoms with E-state index in [-0.39, 0.29) is 40.5 Å². The third kappa shape index (κ3) is 5.89. The standard InChI is InChI=1S/C25H24Cl3N5O4/c1-13(2)19-11-33(31-30-19)12-20(25(36)37)29-23(34)21-18(27)9-15-10-32(8-7-17(15)22(21)28)24(35)14-3-5-16(26)6-4-14/h3-6,9,11,13,20H,7-8,10,12H2,1-2H3,(H,29,34)(H,36,37)/t20-/m0/s1. The van der Waals surface area contributed by atoms with E-state index in [1.54, 1.807) is 41.4 Å². The minimum atomic E-state index is -1.29. The summed E-state index contributed by atoms with van der Waals surface area (Å²) < 4.78 is 1.37. The zero-order valence-electron chi connectivity index (χ0n) is 20.0. The molecule has 2 aromatic carbocycles. The Morgan fingerprint density at radius 3 is 2.46 bits per heavy atom. The lowest BCUT2D eigenvalue weighted by Gasteiger charge is -2.30. The van der Waals surface area contributed by atoms with E-state index in [4.69, 9.17) is 34.8 Å². The number of fused-ring (bicyclic) bond motifs is 1. The van der Waals surface area contributed by atoms with E-state index in [1.165, 1.54) is 4.68 Å². The van der Waals surface area contributed by atoms with Crippen LogP contribution in [0.2, 0.25) is 15.1 Å². The van der Waals surface area contributed by atoms with Crippen molar-refractivity contribution in [2.24, 2.45) is 0 Å².